The zero-order chi connectivity index (χ0) is 24.0. The first kappa shape index (κ1) is 24.5. The second-order valence-corrected chi connectivity index (χ2v) is 7.61. The molecule has 1 aliphatic rings. The van der Waals surface area contributed by atoms with E-state index in [-0.39, 0.29) is 6.23 Å². The number of aliphatic imine (C=N–C) groups is 1. The van der Waals surface area contributed by atoms with Gasteiger partial charge in [-0.1, -0.05) is 23.2 Å². The maximum Gasteiger partial charge on any atom is 0.381 e. The van der Waals surface area contributed by atoms with Crippen molar-refractivity contribution >= 4 is 34.7 Å². The Bertz CT molecular complexity index is 1060. The summed E-state index contributed by atoms with van der Waals surface area (Å²) in [6.07, 6.45) is 4.37. The SMILES string of the molecule is C#[N+]C(=CC(=NC)N(Cc1ccncc1)C1OC1Nc1c(Cl)c(OC)cc(OC)c1Cl)NC. The minimum Gasteiger partial charge on any atom is -0.495 e. The first-order chi connectivity index (χ1) is 16.0. The second-order valence-electron chi connectivity index (χ2n) is 6.85. The van der Waals surface area contributed by atoms with Crippen LogP contribution in [0.1, 0.15) is 5.56 Å². The van der Waals surface area contributed by atoms with Gasteiger partial charge in [0.1, 0.15) is 34.0 Å². The molecule has 0 amide bonds. The van der Waals surface area contributed by atoms with E-state index >= 15 is 0 Å². The molecule has 1 aliphatic heterocycles. The number of anilines is 1. The van der Waals surface area contributed by atoms with Gasteiger partial charge < -0.3 is 24.4 Å². The van der Waals surface area contributed by atoms with Crippen LogP contribution in [0.4, 0.5) is 5.69 Å². The molecule has 0 radical (unpaired) electrons. The normalized spacial score (nSPS) is 17.7. The predicted molar refractivity (Wildman–Crippen MR) is 130 cm³/mol. The Morgan fingerprint density at radius 3 is 2.42 bits per heavy atom. The van der Waals surface area contributed by atoms with Gasteiger partial charge in [-0.05, 0) is 17.7 Å². The number of benzene rings is 1. The number of pyridine rings is 1. The molecule has 3 rings (SSSR count). The van der Waals surface area contributed by atoms with Crippen LogP contribution < -0.4 is 20.1 Å². The highest BCUT2D eigenvalue weighted by atomic mass is 35.5. The van der Waals surface area contributed by atoms with Gasteiger partial charge in [-0.3, -0.25) is 15.3 Å². The molecule has 1 aromatic carbocycles. The number of nitrogens with zero attached hydrogens (tertiary/aromatic N) is 4. The Balaban J connectivity index is 1.90. The minimum absolute atomic E-state index is 0.321. The number of amidine groups is 1. The van der Waals surface area contributed by atoms with Crippen molar-refractivity contribution in [1.82, 2.24) is 15.2 Å². The highest BCUT2D eigenvalue weighted by Gasteiger charge is 2.46. The van der Waals surface area contributed by atoms with E-state index in [0.717, 1.165) is 5.56 Å². The van der Waals surface area contributed by atoms with Gasteiger partial charge in [0.2, 0.25) is 0 Å². The molecule has 2 aromatic rings. The average molecular weight is 492 g/mol. The van der Waals surface area contributed by atoms with E-state index in [2.05, 4.69) is 25.5 Å². The molecule has 11 heteroatoms. The summed E-state index contributed by atoms with van der Waals surface area (Å²) >= 11 is 13.0. The van der Waals surface area contributed by atoms with Gasteiger partial charge in [0.25, 0.3) is 0 Å². The summed E-state index contributed by atoms with van der Waals surface area (Å²) in [6.45, 7) is 5.96. The molecule has 2 heterocycles. The van der Waals surface area contributed by atoms with Gasteiger partial charge in [-0.15, -0.1) is 0 Å². The molecule has 33 heavy (non-hydrogen) atoms. The number of aromatic nitrogens is 1. The lowest BCUT2D eigenvalue weighted by Crippen LogP contribution is -2.35. The minimum atomic E-state index is -0.434. The Kier molecular flexibility index (Phi) is 8.22. The van der Waals surface area contributed by atoms with E-state index in [4.69, 9.17) is 44.0 Å². The molecule has 0 spiro atoms. The zero-order valence-electron chi connectivity index (χ0n) is 18.7. The zero-order valence-corrected chi connectivity index (χ0v) is 20.2. The molecular formula is C22H25Cl2N6O3+. The van der Waals surface area contributed by atoms with Crippen LogP contribution >= 0.6 is 23.2 Å². The quantitative estimate of drug-likeness (QED) is 0.310. The summed E-state index contributed by atoms with van der Waals surface area (Å²) in [5.74, 6) is 1.92. The first-order valence-corrected chi connectivity index (χ1v) is 10.7. The van der Waals surface area contributed by atoms with Gasteiger partial charge >= 0.3 is 5.82 Å². The molecule has 0 bridgehead atoms. The van der Waals surface area contributed by atoms with E-state index in [1.807, 2.05) is 17.0 Å². The highest BCUT2D eigenvalue weighted by molar-refractivity contribution is 6.41. The van der Waals surface area contributed by atoms with Crippen molar-refractivity contribution in [3.63, 3.8) is 0 Å². The number of halogens is 2. The number of hydrogen-bond acceptors (Lipinski definition) is 7. The molecule has 1 saturated heterocycles. The Labute approximate surface area is 202 Å². The fraction of sp³-hybridized carbons (Fsp3) is 0.318. The van der Waals surface area contributed by atoms with E-state index in [0.29, 0.717) is 45.4 Å². The van der Waals surface area contributed by atoms with Crippen LogP contribution in [0.5, 0.6) is 11.5 Å². The number of hydrogen-bond donors (Lipinski definition) is 2. The van der Waals surface area contributed by atoms with Crippen molar-refractivity contribution < 1.29 is 14.2 Å². The van der Waals surface area contributed by atoms with Gasteiger partial charge in [-0.2, -0.15) is 4.85 Å². The van der Waals surface area contributed by atoms with Crippen molar-refractivity contribution in [2.75, 3.05) is 33.6 Å². The maximum atomic E-state index is 6.50. The molecule has 0 saturated carbocycles. The summed E-state index contributed by atoms with van der Waals surface area (Å²) in [5, 5.41) is 6.80. The van der Waals surface area contributed by atoms with Crippen molar-refractivity contribution in [3.8, 4) is 18.1 Å². The summed E-state index contributed by atoms with van der Waals surface area (Å²) in [7, 11) is 6.44. The van der Waals surface area contributed by atoms with Crippen LogP contribution in [-0.4, -0.2) is 56.5 Å². The fourth-order valence-corrected chi connectivity index (χ4v) is 3.77. The number of methoxy groups -OCH3 is 2. The molecule has 0 aliphatic carbocycles. The first-order valence-electron chi connectivity index (χ1n) is 9.92. The van der Waals surface area contributed by atoms with E-state index in [1.165, 1.54) is 14.2 Å². The van der Waals surface area contributed by atoms with Crippen molar-refractivity contribution in [1.29, 1.82) is 0 Å². The molecule has 2 N–H and O–H groups in total. The van der Waals surface area contributed by atoms with E-state index < -0.39 is 6.23 Å². The molecule has 2 atom stereocenters. The summed E-state index contributed by atoms with van der Waals surface area (Å²) < 4.78 is 16.6. The number of epoxide rings is 1. The third kappa shape index (κ3) is 5.60. The lowest BCUT2D eigenvalue weighted by Gasteiger charge is -2.22. The van der Waals surface area contributed by atoms with Gasteiger partial charge in [0.05, 0.1) is 33.0 Å². The topological polar surface area (TPSA) is 87.9 Å². The van der Waals surface area contributed by atoms with E-state index in [1.54, 1.807) is 38.6 Å². The van der Waals surface area contributed by atoms with Crippen LogP contribution in [0.2, 0.25) is 10.0 Å². The van der Waals surface area contributed by atoms with Crippen LogP contribution in [0.3, 0.4) is 0 Å². The van der Waals surface area contributed by atoms with Crippen LogP contribution in [0.25, 0.3) is 4.85 Å². The second kappa shape index (κ2) is 11.1. The fourth-order valence-electron chi connectivity index (χ4n) is 3.16. The third-order valence-electron chi connectivity index (χ3n) is 4.92. The average Bonchev–Trinajstić information content (AvgIpc) is 3.61. The van der Waals surface area contributed by atoms with E-state index in [9.17, 15) is 0 Å². The Morgan fingerprint density at radius 1 is 1.27 bits per heavy atom. The van der Waals surface area contributed by atoms with Crippen molar-refractivity contribution in [2.45, 2.75) is 19.0 Å². The largest absolute Gasteiger partial charge is 0.495 e. The number of ether oxygens (including phenoxy) is 3. The van der Waals surface area contributed by atoms with Gasteiger partial charge in [0, 0.05) is 32.1 Å². The summed E-state index contributed by atoms with van der Waals surface area (Å²) in [6, 6.07) is 5.46. The lowest BCUT2D eigenvalue weighted by molar-refractivity contribution is 0.253. The third-order valence-corrected chi connectivity index (χ3v) is 5.67. The Hall–Kier alpha value is -3.19. The highest BCUT2D eigenvalue weighted by Crippen LogP contribution is 2.45. The number of nitrogens with one attached hydrogen (secondary N) is 2. The van der Waals surface area contributed by atoms with Crippen LogP contribution in [0, 0.1) is 6.57 Å². The smallest absolute Gasteiger partial charge is 0.381 e. The van der Waals surface area contributed by atoms with Gasteiger partial charge in [-0.25, -0.2) is 0 Å². The molecule has 9 nitrogen and oxygen atoms in total. The summed E-state index contributed by atoms with van der Waals surface area (Å²) in [5.41, 5.74) is 1.47. The predicted octanol–water partition coefficient (Wildman–Crippen LogP) is 4.05. The molecule has 1 fully saturated rings. The van der Waals surface area contributed by atoms with Crippen LogP contribution in [-0.2, 0) is 11.3 Å². The molecule has 174 valence electrons. The molecule has 1 aromatic heterocycles. The number of rotatable bonds is 9. The standard InChI is InChI=1S/C22H25Cl2N6O3/c1-25-16(26-2)11-17(27-3)30(12-13-6-8-28-9-7-13)22-21(33-22)29-20-18(23)14(31-4)10-15(32-5)19(20)24/h1,6-11,21-22,26,29H,12H2,2-5H3/q+1. The van der Waals surface area contributed by atoms with Crippen molar-refractivity contribution in [3.05, 3.63) is 62.9 Å². The van der Waals surface area contributed by atoms with Crippen molar-refractivity contribution in [2.24, 2.45) is 4.99 Å². The lowest BCUT2D eigenvalue weighted by atomic mass is 10.2. The summed E-state index contributed by atoms with van der Waals surface area (Å²) in [4.78, 5) is 14.2. The Morgan fingerprint density at radius 2 is 1.91 bits per heavy atom. The molecular weight excluding hydrogens is 467 g/mol. The monoisotopic (exact) mass is 491 g/mol. The molecule has 2 unspecified atom stereocenters. The maximum absolute atomic E-state index is 6.50. The van der Waals surface area contributed by atoms with Gasteiger partial charge in [0.15, 0.2) is 12.5 Å². The van der Waals surface area contributed by atoms with Crippen LogP contribution in [0.15, 0.2) is 47.5 Å².